The lowest BCUT2D eigenvalue weighted by Crippen LogP contribution is -2.19. The van der Waals surface area contributed by atoms with Crippen molar-refractivity contribution in [2.24, 2.45) is 0 Å². The summed E-state index contributed by atoms with van der Waals surface area (Å²) in [6.07, 6.45) is 0. The highest BCUT2D eigenvalue weighted by molar-refractivity contribution is 6.50. The number of carbonyl (C=O) groups is 2. The normalized spacial score (nSPS) is 13.1. The second kappa shape index (κ2) is 4.83. The molecule has 10 heteroatoms. The number of nitrogens with zero attached hydrogens (tertiary/aromatic N) is 2. The molecule has 0 saturated carbocycles. The van der Waals surface area contributed by atoms with Crippen LogP contribution in [0.5, 0.6) is 0 Å². The van der Waals surface area contributed by atoms with E-state index in [0.29, 0.717) is 5.56 Å². The third kappa shape index (κ3) is 3.55. The number of rotatable bonds is 0. The van der Waals surface area contributed by atoms with Crippen LogP contribution in [0.2, 0.25) is 0 Å². The molecule has 0 aliphatic carbocycles. The number of benzene rings is 1. The number of nitrogens with one attached hydrogen (secondary N) is 1. The Labute approximate surface area is 97.5 Å². The topological polar surface area (TPSA) is 74.3 Å². The van der Waals surface area contributed by atoms with Crippen LogP contribution in [0, 0.1) is 5.39 Å². The van der Waals surface area contributed by atoms with Gasteiger partial charge in [0.15, 0.2) is 4.98 Å². The number of carbonyl (C=O) groups excluding carboxylic acids is 2. The standard InChI is InChI=1S/C8H3N3O2.BF4/c9-11-4-1-2-5-6(3-4)8(13)10-7(5)12;2-1(3,4)5/h1-3H;/q;-1/p+1. The predicted molar refractivity (Wildman–Crippen MR) is 53.2 cm³/mol. The summed E-state index contributed by atoms with van der Waals surface area (Å²) in [6.45, 7) is 0. The minimum atomic E-state index is -6.00. The van der Waals surface area contributed by atoms with Crippen LogP contribution in [0.3, 0.4) is 0 Å². The first-order valence-corrected chi connectivity index (χ1v) is 4.44. The summed E-state index contributed by atoms with van der Waals surface area (Å²) in [6, 6.07) is 4.26. The van der Waals surface area contributed by atoms with Crippen molar-refractivity contribution in [2.45, 2.75) is 0 Å². The third-order valence-electron chi connectivity index (χ3n) is 1.83. The van der Waals surface area contributed by atoms with Crippen molar-refractivity contribution in [3.05, 3.63) is 34.3 Å². The molecular formula is C8H4BF4N3O2. The van der Waals surface area contributed by atoms with Gasteiger partial charge < -0.3 is 17.3 Å². The van der Waals surface area contributed by atoms with Crippen LogP contribution in [0.15, 0.2) is 18.2 Å². The van der Waals surface area contributed by atoms with E-state index in [-0.39, 0.29) is 11.3 Å². The molecule has 0 aromatic heterocycles. The van der Waals surface area contributed by atoms with Gasteiger partial charge in [0.1, 0.15) is 0 Å². The molecular weight excluding hydrogens is 257 g/mol. The number of fused-ring (bicyclic) bond motifs is 1. The second-order valence-electron chi connectivity index (χ2n) is 3.11. The van der Waals surface area contributed by atoms with Crippen molar-refractivity contribution in [3.8, 4) is 0 Å². The Morgan fingerprint density at radius 1 is 1.06 bits per heavy atom. The molecule has 1 aromatic rings. The van der Waals surface area contributed by atoms with Crippen molar-refractivity contribution >= 4 is 24.8 Å². The zero-order valence-electron chi connectivity index (χ0n) is 8.53. The molecule has 0 atom stereocenters. The van der Waals surface area contributed by atoms with E-state index in [2.05, 4.69) is 10.3 Å². The summed E-state index contributed by atoms with van der Waals surface area (Å²) in [4.78, 5) is 25.1. The van der Waals surface area contributed by atoms with Gasteiger partial charge in [0.05, 0.1) is 11.1 Å². The zero-order chi connectivity index (χ0) is 13.9. The molecule has 2 rings (SSSR count). The van der Waals surface area contributed by atoms with Crippen molar-refractivity contribution in [1.29, 1.82) is 5.39 Å². The number of imide groups is 1. The van der Waals surface area contributed by atoms with Crippen LogP contribution in [0.4, 0.5) is 23.0 Å². The average Bonchev–Trinajstić information content (AvgIpc) is 2.52. The molecule has 5 nitrogen and oxygen atoms in total. The molecule has 0 unspecified atom stereocenters. The molecule has 0 saturated heterocycles. The van der Waals surface area contributed by atoms with Gasteiger partial charge >= 0.3 is 12.9 Å². The molecule has 94 valence electrons. The van der Waals surface area contributed by atoms with E-state index in [4.69, 9.17) is 5.39 Å². The van der Waals surface area contributed by atoms with Crippen molar-refractivity contribution in [2.75, 3.05) is 0 Å². The Morgan fingerprint density at radius 2 is 1.56 bits per heavy atom. The number of hydrogen-bond donors (Lipinski definition) is 1. The van der Waals surface area contributed by atoms with Gasteiger partial charge in [0.2, 0.25) is 5.39 Å². The van der Waals surface area contributed by atoms with Gasteiger partial charge in [0, 0.05) is 12.1 Å². The van der Waals surface area contributed by atoms with E-state index in [9.17, 15) is 26.9 Å². The van der Waals surface area contributed by atoms with Gasteiger partial charge in [-0.2, -0.15) is 0 Å². The van der Waals surface area contributed by atoms with Crippen LogP contribution < -0.4 is 5.32 Å². The van der Waals surface area contributed by atoms with Crippen molar-refractivity contribution in [1.82, 2.24) is 5.32 Å². The summed E-state index contributed by atoms with van der Waals surface area (Å²) in [5, 5.41) is 10.6. The van der Waals surface area contributed by atoms with Gasteiger partial charge in [0.25, 0.3) is 11.8 Å². The molecule has 18 heavy (non-hydrogen) atoms. The molecule has 1 N–H and O–H groups in total. The first-order chi connectivity index (χ1) is 8.22. The van der Waals surface area contributed by atoms with Crippen LogP contribution in [-0.4, -0.2) is 19.1 Å². The smallest absolute Gasteiger partial charge is 0.418 e. The number of diazo groups is 1. The number of halogens is 4. The largest absolute Gasteiger partial charge is 0.673 e. The third-order valence-corrected chi connectivity index (χ3v) is 1.83. The number of hydrogen-bond acceptors (Lipinski definition) is 3. The van der Waals surface area contributed by atoms with E-state index in [1.54, 1.807) is 0 Å². The molecule has 0 spiro atoms. The van der Waals surface area contributed by atoms with E-state index in [0.717, 1.165) is 0 Å². The highest BCUT2D eigenvalue weighted by Gasteiger charge is 2.28. The molecule has 0 bridgehead atoms. The number of amides is 2. The average molecular weight is 261 g/mol. The van der Waals surface area contributed by atoms with Gasteiger partial charge in [-0.15, -0.1) is 0 Å². The lowest BCUT2D eigenvalue weighted by molar-refractivity contribution is 0.0879. The van der Waals surface area contributed by atoms with E-state index in [1.165, 1.54) is 18.2 Å². The molecule has 0 radical (unpaired) electrons. The fourth-order valence-corrected chi connectivity index (χ4v) is 1.22. The minimum absolute atomic E-state index is 0.250. The Hall–Kier alpha value is -2.44. The zero-order valence-corrected chi connectivity index (χ0v) is 8.53. The van der Waals surface area contributed by atoms with E-state index in [1.807, 2.05) is 0 Å². The van der Waals surface area contributed by atoms with Crippen LogP contribution in [-0.2, 0) is 0 Å². The van der Waals surface area contributed by atoms with Crippen LogP contribution >= 0.6 is 0 Å². The Morgan fingerprint density at radius 3 is 2.06 bits per heavy atom. The summed E-state index contributed by atoms with van der Waals surface area (Å²) in [5.74, 6) is -0.866. The van der Waals surface area contributed by atoms with Crippen LogP contribution in [0.25, 0.3) is 4.98 Å². The lowest BCUT2D eigenvalue weighted by Gasteiger charge is -1.94. The second-order valence-corrected chi connectivity index (χ2v) is 3.11. The van der Waals surface area contributed by atoms with Crippen LogP contribution in [0.1, 0.15) is 20.7 Å². The SMILES string of the molecule is F[B-](F)(F)F.N#[N+]c1ccc2c(c1)C(=O)NC2=O. The Balaban J connectivity index is 0.000000280. The molecule has 1 aromatic carbocycles. The summed E-state index contributed by atoms with van der Waals surface area (Å²) in [5.41, 5.74) is 0.821. The monoisotopic (exact) mass is 261 g/mol. The highest BCUT2D eigenvalue weighted by Crippen LogP contribution is 2.21. The molecule has 1 aliphatic heterocycles. The maximum Gasteiger partial charge on any atom is 0.673 e. The van der Waals surface area contributed by atoms with Crippen molar-refractivity contribution in [3.63, 3.8) is 0 Å². The molecule has 1 aliphatic rings. The Kier molecular flexibility index (Phi) is 3.65. The predicted octanol–water partition coefficient (Wildman–Crippen LogP) is 2.35. The molecule has 1 heterocycles. The van der Waals surface area contributed by atoms with E-state index < -0.39 is 19.1 Å². The van der Waals surface area contributed by atoms with Gasteiger partial charge in [-0.1, -0.05) is 0 Å². The molecule has 0 fully saturated rings. The Bertz CT molecular complexity index is 546. The maximum absolute atomic E-state index is 11.1. The first kappa shape index (κ1) is 13.6. The fourth-order valence-electron chi connectivity index (χ4n) is 1.22. The van der Waals surface area contributed by atoms with Crippen molar-refractivity contribution < 1.29 is 26.9 Å². The lowest BCUT2D eigenvalue weighted by atomic mass is 10.1. The minimum Gasteiger partial charge on any atom is -0.418 e. The van der Waals surface area contributed by atoms with Gasteiger partial charge in [-0.05, 0) is 6.07 Å². The highest BCUT2D eigenvalue weighted by atomic mass is 19.5. The fraction of sp³-hybridized carbons (Fsp3) is 0. The van der Waals surface area contributed by atoms with Gasteiger partial charge in [-0.3, -0.25) is 14.9 Å². The van der Waals surface area contributed by atoms with Gasteiger partial charge in [-0.25, -0.2) is 0 Å². The summed E-state index contributed by atoms with van der Waals surface area (Å²) < 4.78 is 39.0. The quantitative estimate of drug-likeness (QED) is 0.337. The van der Waals surface area contributed by atoms with E-state index >= 15 is 0 Å². The summed E-state index contributed by atoms with van der Waals surface area (Å²) in [7, 11) is -6.00. The summed E-state index contributed by atoms with van der Waals surface area (Å²) >= 11 is 0. The first-order valence-electron chi connectivity index (χ1n) is 4.44. The molecule has 2 amide bonds. The maximum atomic E-state index is 11.1.